The van der Waals surface area contributed by atoms with Gasteiger partial charge in [0.05, 0.1) is 28.6 Å². The molecule has 0 amide bonds. The lowest BCUT2D eigenvalue weighted by Gasteiger charge is -2.14. The Morgan fingerprint density at radius 1 is 0.545 bits per heavy atom. The quantitative estimate of drug-likeness (QED) is 0.0810. The van der Waals surface area contributed by atoms with E-state index in [0.29, 0.717) is 17.5 Å². The molecule has 0 saturated carbocycles. The Balaban J connectivity index is 1.14. The number of halogens is 3. The number of hydrogen-bond acceptors (Lipinski definition) is 7. The molecule has 0 bridgehead atoms. The zero-order chi connectivity index (χ0) is 38.4. The van der Waals surface area contributed by atoms with Crippen LogP contribution in [0.5, 0.6) is 0 Å². The lowest BCUT2D eigenvalue weighted by Crippen LogP contribution is -2.09. The molecule has 0 saturated heterocycles. The number of alkyl halides is 3. The summed E-state index contributed by atoms with van der Waals surface area (Å²) in [6.07, 6.45) is 11.2. The highest BCUT2D eigenvalue weighted by Gasteiger charge is 2.34. The number of fused-ring (bicyclic) bond motifs is 2. The fourth-order valence-corrected chi connectivity index (χ4v) is 10.7. The molecule has 1 aliphatic heterocycles. The Bertz CT molecular complexity index is 2330. The van der Waals surface area contributed by atoms with Crippen LogP contribution >= 0.6 is 34.4 Å². The molecule has 0 aliphatic carbocycles. The first kappa shape index (κ1) is 39.7. The van der Waals surface area contributed by atoms with Crippen molar-refractivity contribution in [1.82, 2.24) is 8.75 Å². The van der Waals surface area contributed by atoms with Gasteiger partial charge in [-0.1, -0.05) is 108 Å². The lowest BCUT2D eigenvalue weighted by atomic mass is 9.97. The summed E-state index contributed by atoms with van der Waals surface area (Å²) >= 11 is 5.49. The Kier molecular flexibility index (Phi) is 13.1. The second kappa shape index (κ2) is 18.2. The minimum Gasteiger partial charge on any atom is -0.172 e. The van der Waals surface area contributed by atoms with E-state index in [4.69, 9.17) is 17.5 Å². The van der Waals surface area contributed by atoms with Crippen LogP contribution in [0, 0.1) is 6.92 Å². The van der Waals surface area contributed by atoms with Crippen molar-refractivity contribution in [1.29, 1.82) is 0 Å². The van der Waals surface area contributed by atoms with E-state index in [-0.39, 0.29) is 0 Å². The molecule has 7 rings (SSSR count). The average Bonchev–Trinajstić information content (AvgIpc) is 4.02. The largest absolute Gasteiger partial charge is 0.416 e. The fourth-order valence-electron chi connectivity index (χ4n) is 7.51. The minimum absolute atomic E-state index is 0.372. The van der Waals surface area contributed by atoms with Crippen molar-refractivity contribution in [3.8, 4) is 41.8 Å². The first-order valence-electron chi connectivity index (χ1n) is 19.7. The van der Waals surface area contributed by atoms with Crippen LogP contribution in [0.25, 0.3) is 52.8 Å². The number of nitrogens with zero attached hydrogens (tertiary/aromatic N) is 4. The maximum atomic E-state index is 14.3. The van der Waals surface area contributed by atoms with E-state index in [1.807, 2.05) is 18.2 Å². The van der Waals surface area contributed by atoms with Crippen LogP contribution in [0.3, 0.4) is 0 Å². The highest BCUT2D eigenvalue weighted by molar-refractivity contribution is 7.58. The molecule has 288 valence electrons. The van der Waals surface area contributed by atoms with Gasteiger partial charge in [0.1, 0.15) is 22.4 Å². The first-order chi connectivity index (χ1) is 26.8. The second-order valence-electron chi connectivity index (χ2n) is 14.5. The van der Waals surface area contributed by atoms with E-state index < -0.39 is 11.7 Å². The van der Waals surface area contributed by atoms with Gasteiger partial charge in [-0.25, -0.2) is 0 Å². The molecule has 0 atom stereocenters. The highest BCUT2D eigenvalue weighted by Crippen LogP contribution is 2.55. The lowest BCUT2D eigenvalue weighted by molar-refractivity contribution is -0.138. The summed E-state index contributed by atoms with van der Waals surface area (Å²) in [6.45, 7) is 6.64. The molecular formula is C44H47F3N4S4. The minimum atomic E-state index is -4.42. The summed E-state index contributed by atoms with van der Waals surface area (Å²) in [5, 5.41) is 0. The predicted octanol–water partition coefficient (Wildman–Crippen LogP) is 16.3. The molecular weight excluding hydrogens is 770 g/mol. The van der Waals surface area contributed by atoms with Gasteiger partial charge < -0.3 is 0 Å². The van der Waals surface area contributed by atoms with Gasteiger partial charge in [0, 0.05) is 30.6 Å². The monoisotopic (exact) mass is 816 g/mol. The van der Waals surface area contributed by atoms with Crippen molar-refractivity contribution >= 4 is 68.2 Å². The molecule has 3 aromatic heterocycles. The van der Waals surface area contributed by atoms with Gasteiger partial charge in [0.2, 0.25) is 0 Å². The van der Waals surface area contributed by atoms with Gasteiger partial charge >= 0.3 is 6.18 Å². The molecule has 55 heavy (non-hydrogen) atoms. The van der Waals surface area contributed by atoms with Gasteiger partial charge in [0.15, 0.2) is 0 Å². The van der Waals surface area contributed by atoms with E-state index in [0.717, 1.165) is 110 Å². The number of unbranched alkanes of at least 4 members (excludes halogenated alkanes) is 10. The van der Waals surface area contributed by atoms with E-state index in [1.165, 1.54) is 83.9 Å². The molecule has 1 aliphatic rings. The molecule has 6 aromatic rings. The molecule has 4 heterocycles. The number of benzene rings is 3. The van der Waals surface area contributed by atoms with Gasteiger partial charge in [-0.3, -0.25) is 0 Å². The van der Waals surface area contributed by atoms with Crippen molar-refractivity contribution in [2.75, 3.05) is 0 Å². The number of hydrogen-bond donors (Lipinski definition) is 0. The zero-order valence-corrected chi connectivity index (χ0v) is 35.0. The topological polar surface area (TPSA) is 50.5 Å². The maximum absolute atomic E-state index is 14.3. The number of aromatic nitrogens is 2. The summed E-state index contributed by atoms with van der Waals surface area (Å²) in [7, 11) is 0. The molecule has 3 aromatic carbocycles. The smallest absolute Gasteiger partial charge is 0.172 e. The SMILES string of the molecule is CCCCCCCCc1ccc(-c2ccc(-c3c4c(c(-c5ccc(-c6ccc(CCCCCCCC)c(C(F)(F)F)c6)s5)c5nsnc35)N=S=N4)s2)cc1C. The van der Waals surface area contributed by atoms with Crippen LogP contribution in [0.4, 0.5) is 24.5 Å². The standard InChI is InChI=1S/C44H47F3N4S4/c1-4-6-8-10-12-14-16-29-18-20-31(26-28(29)3)34-22-24-36(52-34)38-40-42(50-54-48-40)39(43-41(38)49-55-51-43)37-25-23-35(53-37)32-21-19-30(33(27-32)44(45,46)47)17-15-13-11-9-7-5-2/h18-27H,4-17H2,1-3H3. The van der Waals surface area contributed by atoms with Crippen molar-refractivity contribution in [3.63, 3.8) is 0 Å². The van der Waals surface area contributed by atoms with Crippen molar-refractivity contribution < 1.29 is 13.2 Å². The van der Waals surface area contributed by atoms with Crippen LogP contribution in [0.1, 0.15) is 113 Å². The molecule has 11 heteroatoms. The average molecular weight is 817 g/mol. The van der Waals surface area contributed by atoms with Crippen LogP contribution < -0.4 is 0 Å². The summed E-state index contributed by atoms with van der Waals surface area (Å²) in [6, 6.07) is 19.9. The van der Waals surface area contributed by atoms with Gasteiger partial charge in [-0.05, 0) is 90.8 Å². The first-order valence-corrected chi connectivity index (χ1v) is 22.8. The Morgan fingerprint density at radius 3 is 1.55 bits per heavy atom. The van der Waals surface area contributed by atoms with Crippen molar-refractivity contribution in [2.45, 2.75) is 117 Å². The Morgan fingerprint density at radius 2 is 1.02 bits per heavy atom. The van der Waals surface area contributed by atoms with Crippen molar-refractivity contribution in [3.05, 3.63) is 82.9 Å². The molecule has 4 nitrogen and oxygen atoms in total. The summed E-state index contributed by atoms with van der Waals surface area (Å²) in [5.41, 5.74) is 9.13. The van der Waals surface area contributed by atoms with Crippen LogP contribution in [0.2, 0.25) is 0 Å². The number of thiophene rings is 2. The molecule has 0 fully saturated rings. The zero-order valence-electron chi connectivity index (χ0n) is 31.7. The summed E-state index contributed by atoms with van der Waals surface area (Å²) < 4.78 is 62.1. The van der Waals surface area contributed by atoms with Gasteiger partial charge in [-0.15, -0.1) is 22.7 Å². The predicted molar refractivity (Wildman–Crippen MR) is 230 cm³/mol. The third kappa shape index (κ3) is 9.06. The van der Waals surface area contributed by atoms with Gasteiger partial charge in [-0.2, -0.15) is 30.6 Å². The summed E-state index contributed by atoms with van der Waals surface area (Å²) in [4.78, 5) is 3.88. The second-order valence-corrected chi connectivity index (χ2v) is 17.8. The van der Waals surface area contributed by atoms with Gasteiger partial charge in [0.25, 0.3) is 0 Å². The van der Waals surface area contributed by atoms with Crippen LogP contribution in [0.15, 0.2) is 69.4 Å². The molecule has 0 N–H and O–H groups in total. The third-order valence-electron chi connectivity index (χ3n) is 10.6. The highest BCUT2D eigenvalue weighted by atomic mass is 32.1. The Hall–Kier alpha value is -3.51. The third-order valence-corrected chi connectivity index (χ3v) is 13.9. The number of aryl methyl sites for hydroxylation is 3. The molecule has 0 radical (unpaired) electrons. The maximum Gasteiger partial charge on any atom is 0.416 e. The van der Waals surface area contributed by atoms with Crippen LogP contribution in [-0.4, -0.2) is 8.75 Å². The summed E-state index contributed by atoms with van der Waals surface area (Å²) in [5.74, 6) is 0. The Labute approximate surface area is 338 Å². The van der Waals surface area contributed by atoms with E-state index in [2.05, 4.69) is 51.1 Å². The van der Waals surface area contributed by atoms with Crippen LogP contribution in [-0.2, 0) is 30.4 Å². The van der Waals surface area contributed by atoms with Crippen molar-refractivity contribution in [2.24, 2.45) is 8.73 Å². The normalized spacial score (nSPS) is 12.5. The van der Waals surface area contributed by atoms with E-state index in [9.17, 15) is 13.2 Å². The number of rotatable bonds is 18. The molecule has 0 unspecified atom stereocenters. The fraction of sp³-hybridized carbons (Fsp3) is 0.409. The molecule has 0 spiro atoms. The van der Waals surface area contributed by atoms with E-state index >= 15 is 0 Å². The van der Waals surface area contributed by atoms with E-state index in [1.54, 1.807) is 17.4 Å².